The number of ether oxygens (including phenoxy) is 1. The molecule has 1 N–H and O–H groups in total. The highest BCUT2D eigenvalue weighted by Crippen LogP contribution is 2.22. The van der Waals surface area contributed by atoms with Gasteiger partial charge in [-0.3, -0.25) is 9.20 Å². The van der Waals surface area contributed by atoms with E-state index in [0.29, 0.717) is 25.4 Å². The molecule has 2 aromatic rings. The number of carbonyl (C=O) groups is 1. The molecule has 0 spiro atoms. The number of imidazole rings is 1. The Morgan fingerprint density at radius 3 is 3.05 bits per heavy atom. The molecule has 3 heterocycles. The first-order valence-electron chi connectivity index (χ1n) is 7.26. The van der Waals surface area contributed by atoms with E-state index in [1.165, 1.54) is 0 Å². The van der Waals surface area contributed by atoms with Crippen LogP contribution in [-0.2, 0) is 11.3 Å². The summed E-state index contributed by atoms with van der Waals surface area (Å²) in [6.45, 7) is 3.17. The maximum Gasteiger partial charge on any atom is 0.237 e. The molecule has 114 valence electrons. The van der Waals surface area contributed by atoms with Crippen LogP contribution in [0, 0.1) is 0 Å². The Bertz CT molecular complexity index is 616. The number of carbonyl (C=O) groups excluding carboxylic acids is 1. The average Bonchev–Trinajstić information content (AvgIpc) is 3.20. The molecular weight excluding hydrogens is 288 g/mol. The van der Waals surface area contributed by atoms with Gasteiger partial charge in [-0.05, 0) is 12.8 Å². The van der Waals surface area contributed by atoms with Crippen molar-refractivity contribution in [1.29, 1.82) is 0 Å². The lowest BCUT2D eigenvalue weighted by Crippen LogP contribution is -2.30. The molecule has 1 amide bonds. The highest BCUT2D eigenvalue weighted by atomic mass is 32.1. The lowest BCUT2D eigenvalue weighted by Gasteiger charge is -2.15. The fourth-order valence-corrected chi connectivity index (χ4v) is 3.39. The van der Waals surface area contributed by atoms with Crippen LogP contribution in [0.3, 0.4) is 0 Å². The van der Waals surface area contributed by atoms with Crippen molar-refractivity contribution in [2.24, 2.45) is 0 Å². The van der Waals surface area contributed by atoms with Crippen LogP contribution in [-0.4, -0.2) is 46.9 Å². The Labute approximate surface area is 127 Å². The van der Waals surface area contributed by atoms with Gasteiger partial charge in [-0.25, -0.2) is 0 Å². The predicted molar refractivity (Wildman–Crippen MR) is 81.8 cm³/mol. The van der Waals surface area contributed by atoms with E-state index in [0.717, 1.165) is 36.6 Å². The first-order chi connectivity index (χ1) is 10.3. The summed E-state index contributed by atoms with van der Waals surface area (Å²) in [7, 11) is 1.63. The molecule has 0 aromatic carbocycles. The molecule has 1 aliphatic heterocycles. The highest BCUT2D eigenvalue weighted by molar-refractivity contribution is 7.15. The van der Waals surface area contributed by atoms with Crippen molar-refractivity contribution < 1.29 is 9.53 Å². The van der Waals surface area contributed by atoms with Crippen molar-refractivity contribution in [1.82, 2.24) is 19.6 Å². The Morgan fingerprint density at radius 1 is 1.48 bits per heavy atom. The zero-order valence-corrected chi connectivity index (χ0v) is 13.0. The summed E-state index contributed by atoms with van der Waals surface area (Å²) in [5.41, 5.74) is 1.00. The summed E-state index contributed by atoms with van der Waals surface area (Å²) in [5.74, 6) is 0.904. The van der Waals surface area contributed by atoms with Crippen LogP contribution in [0.25, 0.3) is 4.96 Å². The molecule has 1 fully saturated rings. The number of nitrogens with zero attached hydrogens (tertiary/aromatic N) is 3. The number of likely N-dealkylation sites (tertiary alicyclic amines) is 1. The number of methoxy groups -OCH3 is 1. The molecular formula is C14H20N4O2S. The van der Waals surface area contributed by atoms with Gasteiger partial charge in [0, 0.05) is 44.2 Å². The number of nitrogens with one attached hydrogen (secondary N) is 1. The van der Waals surface area contributed by atoms with Crippen LogP contribution in [0.4, 0.5) is 0 Å². The SMILES string of the molecule is COc1nc2sccn2c1CNCCC(=O)N1CCCC1. The third-order valence-electron chi connectivity index (χ3n) is 3.78. The number of hydrogen-bond acceptors (Lipinski definition) is 5. The van der Waals surface area contributed by atoms with Crippen LogP contribution < -0.4 is 10.1 Å². The molecule has 6 nitrogen and oxygen atoms in total. The lowest BCUT2D eigenvalue weighted by atomic mass is 10.3. The monoisotopic (exact) mass is 308 g/mol. The van der Waals surface area contributed by atoms with Gasteiger partial charge in [0.25, 0.3) is 0 Å². The molecule has 0 saturated carbocycles. The van der Waals surface area contributed by atoms with Gasteiger partial charge in [0.05, 0.1) is 7.11 Å². The van der Waals surface area contributed by atoms with Gasteiger partial charge in [-0.2, -0.15) is 4.98 Å². The second-order valence-electron chi connectivity index (χ2n) is 5.14. The zero-order valence-electron chi connectivity index (χ0n) is 12.2. The summed E-state index contributed by atoms with van der Waals surface area (Å²) < 4.78 is 7.33. The zero-order chi connectivity index (χ0) is 14.7. The van der Waals surface area contributed by atoms with E-state index in [2.05, 4.69) is 10.3 Å². The predicted octanol–water partition coefficient (Wildman–Crippen LogP) is 1.51. The summed E-state index contributed by atoms with van der Waals surface area (Å²) in [4.78, 5) is 19.2. The van der Waals surface area contributed by atoms with Gasteiger partial charge < -0.3 is 15.0 Å². The van der Waals surface area contributed by atoms with Gasteiger partial charge >= 0.3 is 0 Å². The number of amides is 1. The van der Waals surface area contributed by atoms with Crippen LogP contribution in [0.1, 0.15) is 25.0 Å². The molecule has 21 heavy (non-hydrogen) atoms. The van der Waals surface area contributed by atoms with Crippen molar-refractivity contribution in [2.75, 3.05) is 26.7 Å². The quantitative estimate of drug-likeness (QED) is 0.822. The highest BCUT2D eigenvalue weighted by Gasteiger charge is 2.17. The summed E-state index contributed by atoms with van der Waals surface area (Å²) >= 11 is 1.58. The molecule has 0 aliphatic carbocycles. The number of rotatable bonds is 6. The van der Waals surface area contributed by atoms with Gasteiger partial charge in [0.15, 0.2) is 4.96 Å². The molecule has 0 radical (unpaired) electrons. The number of aromatic nitrogens is 2. The molecule has 1 aliphatic rings. The molecule has 1 saturated heterocycles. The summed E-state index contributed by atoms with van der Waals surface area (Å²) in [5, 5.41) is 5.32. The van der Waals surface area contributed by atoms with Gasteiger partial charge in [0.1, 0.15) is 5.69 Å². The Kier molecular flexibility index (Phi) is 4.40. The van der Waals surface area contributed by atoms with Crippen molar-refractivity contribution >= 4 is 22.2 Å². The Balaban J connectivity index is 1.52. The fourth-order valence-electron chi connectivity index (χ4n) is 2.66. The molecule has 0 bridgehead atoms. The largest absolute Gasteiger partial charge is 0.480 e. The summed E-state index contributed by atoms with van der Waals surface area (Å²) in [6.07, 6.45) is 4.82. The van der Waals surface area contributed by atoms with Gasteiger partial charge in [-0.1, -0.05) is 0 Å². The van der Waals surface area contributed by atoms with Crippen molar-refractivity contribution in [3.05, 3.63) is 17.3 Å². The minimum Gasteiger partial charge on any atom is -0.480 e. The van der Waals surface area contributed by atoms with E-state index in [4.69, 9.17) is 4.74 Å². The molecule has 3 rings (SSSR count). The van der Waals surface area contributed by atoms with E-state index >= 15 is 0 Å². The third-order valence-corrected chi connectivity index (χ3v) is 4.54. The van der Waals surface area contributed by atoms with E-state index in [1.807, 2.05) is 20.9 Å². The second-order valence-corrected chi connectivity index (χ2v) is 6.01. The molecule has 2 aromatic heterocycles. The Hall–Kier alpha value is -1.60. The van der Waals surface area contributed by atoms with Crippen LogP contribution >= 0.6 is 11.3 Å². The first kappa shape index (κ1) is 14.3. The average molecular weight is 308 g/mol. The standard InChI is InChI=1S/C14H20N4O2S/c1-20-13-11(18-8-9-21-14(18)16-13)10-15-5-4-12(19)17-6-2-3-7-17/h8-9,15H,2-7,10H2,1H3. The van der Waals surface area contributed by atoms with E-state index in [1.54, 1.807) is 18.4 Å². The minimum absolute atomic E-state index is 0.251. The number of fused-ring (bicyclic) bond motifs is 1. The summed E-state index contributed by atoms with van der Waals surface area (Å²) in [6, 6.07) is 0. The van der Waals surface area contributed by atoms with Gasteiger partial charge in [-0.15, -0.1) is 11.3 Å². The second kappa shape index (κ2) is 6.44. The lowest BCUT2D eigenvalue weighted by molar-refractivity contribution is -0.130. The maximum absolute atomic E-state index is 11.9. The Morgan fingerprint density at radius 2 is 2.29 bits per heavy atom. The smallest absolute Gasteiger partial charge is 0.237 e. The third kappa shape index (κ3) is 3.03. The van der Waals surface area contributed by atoms with Crippen LogP contribution in [0.15, 0.2) is 11.6 Å². The van der Waals surface area contributed by atoms with Gasteiger partial charge in [0.2, 0.25) is 11.8 Å². The normalized spacial score (nSPS) is 15.0. The van der Waals surface area contributed by atoms with Crippen LogP contribution in [0.5, 0.6) is 5.88 Å². The van der Waals surface area contributed by atoms with E-state index < -0.39 is 0 Å². The van der Waals surface area contributed by atoms with Crippen LogP contribution in [0.2, 0.25) is 0 Å². The maximum atomic E-state index is 11.9. The fraction of sp³-hybridized carbons (Fsp3) is 0.571. The molecule has 0 unspecified atom stereocenters. The number of thiazole rings is 1. The topological polar surface area (TPSA) is 58.9 Å². The van der Waals surface area contributed by atoms with Crippen molar-refractivity contribution in [3.8, 4) is 5.88 Å². The molecule has 7 heteroatoms. The van der Waals surface area contributed by atoms with Crippen molar-refractivity contribution in [2.45, 2.75) is 25.8 Å². The van der Waals surface area contributed by atoms with Crippen molar-refractivity contribution in [3.63, 3.8) is 0 Å². The minimum atomic E-state index is 0.251. The molecule has 0 atom stereocenters. The van der Waals surface area contributed by atoms with E-state index in [9.17, 15) is 4.79 Å². The van der Waals surface area contributed by atoms with E-state index in [-0.39, 0.29) is 5.91 Å². The first-order valence-corrected chi connectivity index (χ1v) is 8.14. The number of hydrogen-bond donors (Lipinski definition) is 1.